The Bertz CT molecular complexity index is 764. The van der Waals surface area contributed by atoms with Crippen LogP contribution in [-0.4, -0.2) is 29.5 Å². The summed E-state index contributed by atoms with van der Waals surface area (Å²) >= 11 is 6.08. The van der Waals surface area contributed by atoms with Crippen molar-refractivity contribution < 1.29 is 14.3 Å². The Labute approximate surface area is 145 Å². The summed E-state index contributed by atoms with van der Waals surface area (Å²) in [7, 11) is 0. The molecule has 1 aromatic carbocycles. The number of hydrogen-bond acceptors (Lipinski definition) is 5. The maximum Gasteiger partial charge on any atom is 0.341 e. The van der Waals surface area contributed by atoms with Crippen molar-refractivity contribution in [3.8, 4) is 0 Å². The second-order valence-corrected chi connectivity index (χ2v) is 5.75. The molecule has 0 radical (unpaired) electrons. The lowest BCUT2D eigenvalue weighted by Gasteiger charge is -2.19. The molecule has 0 saturated carbocycles. The molecule has 1 heterocycles. The molecular weight excluding hydrogens is 330 g/mol. The maximum atomic E-state index is 12.3. The van der Waals surface area contributed by atoms with Crippen molar-refractivity contribution in [3.05, 3.63) is 35.0 Å². The first-order valence-electron chi connectivity index (χ1n) is 7.79. The summed E-state index contributed by atoms with van der Waals surface area (Å²) in [6, 6.07) is 4.55. The maximum absolute atomic E-state index is 12.3. The van der Waals surface area contributed by atoms with Gasteiger partial charge in [-0.2, -0.15) is 0 Å². The van der Waals surface area contributed by atoms with E-state index in [-0.39, 0.29) is 12.2 Å². The van der Waals surface area contributed by atoms with E-state index in [0.29, 0.717) is 28.0 Å². The van der Waals surface area contributed by atoms with Gasteiger partial charge in [-0.25, -0.2) is 4.79 Å². The van der Waals surface area contributed by atoms with Gasteiger partial charge in [0, 0.05) is 16.6 Å². The summed E-state index contributed by atoms with van der Waals surface area (Å²) in [6.45, 7) is 3.91. The Morgan fingerprint density at radius 3 is 2.75 bits per heavy atom. The Hall–Kier alpha value is -2.34. The number of amides is 1. The molecule has 0 aliphatic rings. The lowest BCUT2D eigenvalue weighted by atomic mass is 10.1. The summed E-state index contributed by atoms with van der Waals surface area (Å²) in [5, 5.41) is 4.22. The van der Waals surface area contributed by atoms with Gasteiger partial charge in [-0.1, -0.05) is 24.9 Å². The Kier molecular flexibility index (Phi) is 5.98. The van der Waals surface area contributed by atoms with E-state index < -0.39 is 17.9 Å². The molecule has 2 rings (SSSR count). The fourth-order valence-corrected chi connectivity index (χ4v) is 2.60. The largest absolute Gasteiger partial charge is 0.462 e. The van der Waals surface area contributed by atoms with E-state index in [1.54, 1.807) is 25.1 Å². The van der Waals surface area contributed by atoms with Crippen molar-refractivity contribution in [2.45, 2.75) is 32.7 Å². The van der Waals surface area contributed by atoms with Crippen molar-refractivity contribution in [3.63, 3.8) is 0 Å². The van der Waals surface area contributed by atoms with Gasteiger partial charge in [0.15, 0.2) is 0 Å². The first-order valence-corrected chi connectivity index (χ1v) is 8.16. The van der Waals surface area contributed by atoms with Crippen LogP contribution >= 0.6 is 11.6 Å². The van der Waals surface area contributed by atoms with Crippen LogP contribution < -0.4 is 11.1 Å². The monoisotopic (exact) mass is 349 g/mol. The minimum atomic E-state index is -0.604. The van der Waals surface area contributed by atoms with Crippen LogP contribution in [0.3, 0.4) is 0 Å². The van der Waals surface area contributed by atoms with Gasteiger partial charge in [-0.05, 0) is 31.5 Å². The number of benzene rings is 1. The molecule has 0 fully saturated rings. The molecule has 0 aliphatic heterocycles. The van der Waals surface area contributed by atoms with E-state index in [4.69, 9.17) is 22.1 Å². The highest BCUT2D eigenvalue weighted by atomic mass is 35.5. The van der Waals surface area contributed by atoms with E-state index in [1.165, 1.54) is 6.20 Å². The number of esters is 1. The van der Waals surface area contributed by atoms with Gasteiger partial charge in [-0.15, -0.1) is 0 Å². The third-order valence-corrected chi connectivity index (χ3v) is 3.80. The van der Waals surface area contributed by atoms with Gasteiger partial charge >= 0.3 is 5.97 Å². The molecule has 1 amide bonds. The van der Waals surface area contributed by atoms with Gasteiger partial charge in [0.2, 0.25) is 5.91 Å². The van der Waals surface area contributed by atoms with Crippen LogP contribution in [0.4, 0.5) is 5.69 Å². The van der Waals surface area contributed by atoms with E-state index in [1.807, 2.05) is 6.92 Å². The quantitative estimate of drug-likeness (QED) is 0.749. The number of halogens is 1. The summed E-state index contributed by atoms with van der Waals surface area (Å²) in [6.07, 6.45) is 2.74. The number of carbonyl (C=O) groups excluding carboxylic acids is 2. The molecule has 1 unspecified atom stereocenters. The Morgan fingerprint density at radius 1 is 1.38 bits per heavy atom. The molecule has 2 aromatic rings. The predicted molar refractivity (Wildman–Crippen MR) is 94.2 cm³/mol. The first kappa shape index (κ1) is 18.0. The van der Waals surface area contributed by atoms with Gasteiger partial charge in [0.25, 0.3) is 0 Å². The predicted octanol–water partition coefficient (Wildman–Crippen LogP) is 3.13. The van der Waals surface area contributed by atoms with E-state index >= 15 is 0 Å². The summed E-state index contributed by atoms with van der Waals surface area (Å²) in [4.78, 5) is 28.2. The van der Waals surface area contributed by atoms with Crippen molar-refractivity contribution in [1.29, 1.82) is 0 Å². The highest BCUT2D eigenvalue weighted by Crippen LogP contribution is 2.30. The number of fused-ring (bicyclic) bond motifs is 1. The molecule has 0 spiro atoms. The van der Waals surface area contributed by atoms with Crippen LogP contribution in [0.15, 0.2) is 24.4 Å². The average Bonchev–Trinajstić information content (AvgIpc) is 2.54. The summed E-state index contributed by atoms with van der Waals surface area (Å²) in [5.74, 6) is -1.01. The number of pyridine rings is 1. The number of hydrogen-bond donors (Lipinski definition) is 2. The van der Waals surface area contributed by atoms with Crippen molar-refractivity contribution in [1.82, 2.24) is 4.98 Å². The molecule has 1 atom stereocenters. The Morgan fingerprint density at radius 2 is 2.12 bits per heavy atom. The molecule has 24 heavy (non-hydrogen) atoms. The molecule has 0 bridgehead atoms. The van der Waals surface area contributed by atoms with Gasteiger partial charge in [0.05, 0.1) is 17.8 Å². The van der Waals surface area contributed by atoms with Gasteiger partial charge in [0.1, 0.15) is 11.6 Å². The van der Waals surface area contributed by atoms with Gasteiger partial charge < -0.3 is 15.8 Å². The summed E-state index contributed by atoms with van der Waals surface area (Å²) < 4.78 is 5.08. The lowest BCUT2D eigenvalue weighted by molar-refractivity contribution is -0.118. The zero-order valence-corrected chi connectivity index (χ0v) is 14.4. The van der Waals surface area contributed by atoms with Crippen LogP contribution in [0.5, 0.6) is 0 Å². The third kappa shape index (κ3) is 3.94. The van der Waals surface area contributed by atoms with E-state index in [0.717, 1.165) is 6.42 Å². The van der Waals surface area contributed by atoms with Gasteiger partial charge in [-0.3, -0.25) is 9.78 Å². The number of carbonyl (C=O) groups is 2. The van der Waals surface area contributed by atoms with Crippen LogP contribution in [0.2, 0.25) is 5.02 Å². The molecule has 0 saturated heterocycles. The van der Waals surface area contributed by atoms with E-state index in [9.17, 15) is 9.59 Å². The molecule has 7 heteroatoms. The molecular formula is C17H20ClN3O3. The average molecular weight is 350 g/mol. The first-order chi connectivity index (χ1) is 11.5. The van der Waals surface area contributed by atoms with E-state index in [2.05, 4.69) is 10.3 Å². The minimum Gasteiger partial charge on any atom is -0.462 e. The summed E-state index contributed by atoms with van der Waals surface area (Å²) in [5.41, 5.74) is 6.82. The number of nitrogens with two attached hydrogens (primary N) is 1. The standard InChI is InChI=1S/C17H20ClN3O3/c1-3-5-14(16(19)22)21-15-11-8-10(18)6-7-13(11)20-9-12(15)17(23)24-4-2/h6-9,14H,3-5H2,1-2H3,(H2,19,22)(H,20,21). The Balaban J connectivity index is 2.60. The topological polar surface area (TPSA) is 94.3 Å². The normalized spacial score (nSPS) is 12.0. The van der Waals surface area contributed by atoms with Crippen molar-refractivity contribution >= 4 is 40.1 Å². The second-order valence-electron chi connectivity index (χ2n) is 5.32. The number of nitrogens with zero attached hydrogens (tertiary/aromatic N) is 1. The number of primary amides is 1. The lowest BCUT2D eigenvalue weighted by Crippen LogP contribution is -2.35. The molecule has 3 N–H and O–H groups in total. The molecule has 0 aliphatic carbocycles. The fourth-order valence-electron chi connectivity index (χ4n) is 2.43. The molecule has 128 valence electrons. The highest BCUT2D eigenvalue weighted by molar-refractivity contribution is 6.31. The number of nitrogens with one attached hydrogen (secondary N) is 1. The van der Waals surface area contributed by atoms with Crippen LogP contribution in [0, 0.1) is 0 Å². The second kappa shape index (κ2) is 7.97. The van der Waals surface area contributed by atoms with Crippen molar-refractivity contribution in [2.75, 3.05) is 11.9 Å². The zero-order valence-electron chi connectivity index (χ0n) is 13.6. The smallest absolute Gasteiger partial charge is 0.341 e. The number of rotatable bonds is 7. The van der Waals surface area contributed by atoms with Crippen LogP contribution in [0.25, 0.3) is 10.9 Å². The van der Waals surface area contributed by atoms with Crippen molar-refractivity contribution in [2.24, 2.45) is 5.73 Å². The fraction of sp³-hybridized carbons (Fsp3) is 0.353. The molecule has 1 aromatic heterocycles. The highest BCUT2D eigenvalue weighted by Gasteiger charge is 2.21. The number of aromatic nitrogens is 1. The molecule has 6 nitrogen and oxygen atoms in total. The zero-order chi connectivity index (χ0) is 17.7. The minimum absolute atomic E-state index is 0.236. The van der Waals surface area contributed by atoms with Crippen LogP contribution in [-0.2, 0) is 9.53 Å². The van der Waals surface area contributed by atoms with Crippen LogP contribution in [0.1, 0.15) is 37.0 Å². The third-order valence-electron chi connectivity index (χ3n) is 3.56. The SMILES string of the molecule is CCCC(Nc1c(C(=O)OCC)cnc2ccc(Cl)cc12)C(N)=O. The number of ether oxygens (including phenoxy) is 1. The number of anilines is 1.